The first kappa shape index (κ1) is 15.1. The summed E-state index contributed by atoms with van der Waals surface area (Å²) in [7, 11) is 1.60. The number of nitrogens with one attached hydrogen (secondary N) is 1. The molecule has 1 N–H and O–H groups in total. The van der Waals surface area contributed by atoms with Crippen LogP contribution in [0.15, 0.2) is 22.8 Å². The Morgan fingerprint density at radius 3 is 2.75 bits per heavy atom. The van der Waals surface area contributed by atoms with Crippen LogP contribution in [0.2, 0.25) is 0 Å². The number of nitrogens with zero attached hydrogens (tertiary/aromatic N) is 1. The number of rotatable bonds is 4. The number of carbonyl (C=O) groups is 2. The number of carbonyl (C=O) groups excluding carboxylic acids is 2. The first-order valence-corrected chi connectivity index (χ1v) is 7.15. The van der Waals surface area contributed by atoms with E-state index in [1.807, 2.05) is 0 Å². The zero-order valence-electron chi connectivity index (χ0n) is 11.5. The van der Waals surface area contributed by atoms with Gasteiger partial charge in [-0.2, -0.15) is 0 Å². The fourth-order valence-electron chi connectivity index (χ4n) is 2.34. The number of methoxy groups -OCH3 is 1. The number of amides is 2. The van der Waals surface area contributed by atoms with Crippen LogP contribution in [-0.4, -0.2) is 49.6 Å². The summed E-state index contributed by atoms with van der Waals surface area (Å²) >= 11 is 6.09. The quantitative estimate of drug-likeness (QED) is 0.848. The second kappa shape index (κ2) is 6.90. The van der Waals surface area contributed by atoms with Crippen molar-refractivity contribution in [2.45, 2.75) is 25.4 Å². The van der Waals surface area contributed by atoms with Gasteiger partial charge in [-0.05, 0) is 18.9 Å². The molecule has 1 heterocycles. The van der Waals surface area contributed by atoms with Crippen molar-refractivity contribution in [3.63, 3.8) is 0 Å². The molecule has 6 heteroatoms. The van der Waals surface area contributed by atoms with Crippen LogP contribution in [0.25, 0.3) is 0 Å². The summed E-state index contributed by atoms with van der Waals surface area (Å²) in [6, 6.07) is 0. The molecule has 1 unspecified atom stereocenters. The third kappa shape index (κ3) is 3.61. The summed E-state index contributed by atoms with van der Waals surface area (Å²) in [6.45, 7) is 1.59. The third-order valence-corrected chi connectivity index (χ3v) is 3.91. The normalized spacial score (nSPS) is 22.3. The number of hydrogen-bond acceptors (Lipinski definition) is 3. The lowest BCUT2D eigenvalue weighted by atomic mass is 10.0. The lowest BCUT2D eigenvalue weighted by Crippen LogP contribution is -2.39. The molecule has 1 aliphatic heterocycles. The van der Waals surface area contributed by atoms with Crippen LogP contribution in [0.1, 0.15) is 19.3 Å². The van der Waals surface area contributed by atoms with E-state index >= 15 is 0 Å². The average molecular weight is 299 g/mol. The maximum atomic E-state index is 12.0. The minimum atomic E-state index is -0.312. The molecule has 1 fully saturated rings. The highest BCUT2D eigenvalue weighted by atomic mass is 35.5. The molecule has 0 saturated carbocycles. The molecule has 0 bridgehead atoms. The van der Waals surface area contributed by atoms with Crippen molar-refractivity contribution in [2.24, 2.45) is 0 Å². The lowest BCUT2D eigenvalue weighted by molar-refractivity contribution is -0.131. The zero-order chi connectivity index (χ0) is 14.5. The van der Waals surface area contributed by atoms with E-state index in [-0.39, 0.29) is 24.5 Å². The Hall–Kier alpha value is -1.33. The number of likely N-dealkylation sites (tertiary alicyclic amines) is 1. The van der Waals surface area contributed by atoms with Crippen molar-refractivity contribution in [1.29, 1.82) is 0 Å². The molecular formula is C14H19ClN2O3. The third-order valence-electron chi connectivity index (χ3n) is 3.56. The summed E-state index contributed by atoms with van der Waals surface area (Å²) in [5.74, 6) is -0.351. The van der Waals surface area contributed by atoms with Gasteiger partial charge in [-0.15, -0.1) is 0 Å². The van der Waals surface area contributed by atoms with Crippen molar-refractivity contribution in [2.75, 3.05) is 26.7 Å². The van der Waals surface area contributed by atoms with Crippen LogP contribution in [-0.2, 0) is 14.3 Å². The van der Waals surface area contributed by atoms with Gasteiger partial charge in [-0.3, -0.25) is 9.59 Å². The fraction of sp³-hybridized carbons (Fsp3) is 0.571. The van der Waals surface area contributed by atoms with Gasteiger partial charge >= 0.3 is 0 Å². The van der Waals surface area contributed by atoms with Gasteiger partial charge in [0.2, 0.25) is 5.91 Å². The molecular weight excluding hydrogens is 280 g/mol. The SMILES string of the molecule is COC1C=CC(C(=O)NCC(=O)N2CCCC2)=C(Cl)C1. The molecule has 1 saturated heterocycles. The van der Waals surface area contributed by atoms with E-state index in [1.54, 1.807) is 24.2 Å². The van der Waals surface area contributed by atoms with E-state index in [4.69, 9.17) is 16.3 Å². The molecule has 2 amide bonds. The molecule has 20 heavy (non-hydrogen) atoms. The van der Waals surface area contributed by atoms with Gasteiger partial charge in [-0.1, -0.05) is 17.7 Å². The Morgan fingerprint density at radius 1 is 1.45 bits per heavy atom. The molecule has 0 radical (unpaired) electrons. The monoisotopic (exact) mass is 298 g/mol. The van der Waals surface area contributed by atoms with Crippen molar-refractivity contribution in [3.8, 4) is 0 Å². The van der Waals surface area contributed by atoms with E-state index in [9.17, 15) is 9.59 Å². The summed E-state index contributed by atoms with van der Waals surface area (Å²) in [4.78, 5) is 25.6. The standard InChI is InChI=1S/C14H19ClN2O3/c1-20-10-4-5-11(12(15)8-10)14(19)16-9-13(18)17-6-2-3-7-17/h4-5,10H,2-3,6-9H2,1H3,(H,16,19). The molecule has 0 spiro atoms. The highest BCUT2D eigenvalue weighted by Crippen LogP contribution is 2.24. The lowest BCUT2D eigenvalue weighted by Gasteiger charge is -2.18. The highest BCUT2D eigenvalue weighted by molar-refractivity contribution is 6.32. The Morgan fingerprint density at radius 2 is 2.15 bits per heavy atom. The molecule has 2 aliphatic rings. The molecule has 2 rings (SSSR count). The molecule has 110 valence electrons. The largest absolute Gasteiger partial charge is 0.377 e. The van der Waals surface area contributed by atoms with Crippen molar-refractivity contribution < 1.29 is 14.3 Å². The van der Waals surface area contributed by atoms with Gasteiger partial charge in [0.1, 0.15) is 0 Å². The van der Waals surface area contributed by atoms with Gasteiger partial charge in [0.05, 0.1) is 18.2 Å². The second-order valence-electron chi connectivity index (χ2n) is 4.93. The Balaban J connectivity index is 1.86. The van der Waals surface area contributed by atoms with E-state index in [0.29, 0.717) is 17.0 Å². The van der Waals surface area contributed by atoms with Crippen molar-refractivity contribution in [1.82, 2.24) is 10.2 Å². The zero-order valence-corrected chi connectivity index (χ0v) is 12.3. The number of halogens is 1. The summed E-state index contributed by atoms with van der Waals surface area (Å²) in [6.07, 6.45) is 5.91. The minimum Gasteiger partial charge on any atom is -0.377 e. The van der Waals surface area contributed by atoms with Gasteiger partial charge in [0, 0.05) is 31.7 Å². The molecule has 1 atom stereocenters. The van der Waals surface area contributed by atoms with Crippen LogP contribution in [0, 0.1) is 0 Å². The van der Waals surface area contributed by atoms with E-state index in [0.717, 1.165) is 25.9 Å². The molecule has 0 aromatic carbocycles. The first-order chi connectivity index (χ1) is 9.61. The van der Waals surface area contributed by atoms with Gasteiger partial charge in [0.25, 0.3) is 5.91 Å². The van der Waals surface area contributed by atoms with Gasteiger partial charge in [-0.25, -0.2) is 0 Å². The summed E-state index contributed by atoms with van der Waals surface area (Å²) < 4.78 is 5.16. The van der Waals surface area contributed by atoms with Crippen LogP contribution in [0.5, 0.6) is 0 Å². The fourth-order valence-corrected chi connectivity index (χ4v) is 2.64. The average Bonchev–Trinajstić information content (AvgIpc) is 2.98. The molecule has 0 aromatic heterocycles. The molecule has 1 aliphatic carbocycles. The number of hydrogen-bond donors (Lipinski definition) is 1. The highest BCUT2D eigenvalue weighted by Gasteiger charge is 2.22. The van der Waals surface area contributed by atoms with E-state index in [1.165, 1.54) is 0 Å². The first-order valence-electron chi connectivity index (χ1n) is 6.77. The molecule has 0 aromatic rings. The van der Waals surface area contributed by atoms with Crippen LogP contribution < -0.4 is 5.32 Å². The van der Waals surface area contributed by atoms with Crippen LogP contribution in [0.4, 0.5) is 0 Å². The Labute approximate surface area is 123 Å². The van der Waals surface area contributed by atoms with E-state index < -0.39 is 0 Å². The van der Waals surface area contributed by atoms with Gasteiger partial charge < -0.3 is 15.0 Å². The van der Waals surface area contributed by atoms with Crippen molar-refractivity contribution >= 4 is 23.4 Å². The Kier molecular flexibility index (Phi) is 5.20. The van der Waals surface area contributed by atoms with Gasteiger partial charge in [0.15, 0.2) is 0 Å². The van der Waals surface area contributed by atoms with Crippen LogP contribution >= 0.6 is 11.6 Å². The summed E-state index contributed by atoms with van der Waals surface area (Å²) in [5, 5.41) is 3.09. The topological polar surface area (TPSA) is 58.6 Å². The van der Waals surface area contributed by atoms with Crippen LogP contribution in [0.3, 0.4) is 0 Å². The smallest absolute Gasteiger partial charge is 0.252 e. The maximum absolute atomic E-state index is 12.0. The second-order valence-corrected chi connectivity index (χ2v) is 5.38. The van der Waals surface area contributed by atoms with E-state index in [2.05, 4.69) is 5.32 Å². The molecule has 5 nitrogen and oxygen atoms in total. The number of ether oxygens (including phenoxy) is 1. The summed E-state index contributed by atoms with van der Waals surface area (Å²) in [5.41, 5.74) is 0.411. The predicted octanol–water partition coefficient (Wildman–Crippen LogP) is 1.19. The van der Waals surface area contributed by atoms with Crippen molar-refractivity contribution in [3.05, 3.63) is 22.8 Å². The predicted molar refractivity (Wildman–Crippen MR) is 76.3 cm³/mol. The maximum Gasteiger partial charge on any atom is 0.252 e. The minimum absolute atomic E-state index is 0.0219. The Bertz CT molecular complexity index is 453.